The fraction of sp³-hybridized carbons (Fsp3) is 0.333. The minimum atomic E-state index is 0.124. The van der Waals surface area contributed by atoms with Gasteiger partial charge in [0.2, 0.25) is 0 Å². The quantitative estimate of drug-likeness (QED) is 0.662. The van der Waals surface area contributed by atoms with Crippen LogP contribution in [-0.2, 0) is 5.41 Å². The summed E-state index contributed by atoms with van der Waals surface area (Å²) >= 11 is 0. The molecule has 92 valence electrons. The van der Waals surface area contributed by atoms with E-state index in [0.29, 0.717) is 5.92 Å². The monoisotopic (exact) mass is 236 g/mol. The van der Waals surface area contributed by atoms with Crippen LogP contribution in [0.25, 0.3) is 0 Å². The molecule has 0 spiro atoms. The molecule has 0 heteroatoms. The number of rotatable bonds is 1. The Kier molecular flexibility index (Phi) is 2.55. The predicted molar refractivity (Wildman–Crippen MR) is 77.1 cm³/mol. The van der Waals surface area contributed by atoms with Gasteiger partial charge < -0.3 is 0 Å². The number of benzene rings is 2. The molecule has 0 bridgehead atoms. The van der Waals surface area contributed by atoms with Crippen LogP contribution in [0.2, 0.25) is 0 Å². The van der Waals surface area contributed by atoms with Gasteiger partial charge in [0, 0.05) is 11.3 Å². The Balaban J connectivity index is 2.33. The van der Waals surface area contributed by atoms with E-state index in [0.717, 1.165) is 0 Å². The fourth-order valence-electron chi connectivity index (χ4n) is 3.49. The van der Waals surface area contributed by atoms with Crippen LogP contribution in [0.3, 0.4) is 0 Å². The van der Waals surface area contributed by atoms with Crippen molar-refractivity contribution in [3.8, 4) is 0 Å². The second-order valence-corrected chi connectivity index (χ2v) is 5.76. The fourth-order valence-corrected chi connectivity index (χ4v) is 3.49. The molecule has 0 aromatic heterocycles. The summed E-state index contributed by atoms with van der Waals surface area (Å²) in [5.41, 5.74) is 6.15. The molecule has 2 aromatic rings. The van der Waals surface area contributed by atoms with E-state index >= 15 is 0 Å². The highest BCUT2D eigenvalue weighted by Gasteiger charge is 2.35. The van der Waals surface area contributed by atoms with Gasteiger partial charge in [-0.05, 0) is 28.7 Å². The number of hydrogen-bond donors (Lipinski definition) is 0. The lowest BCUT2D eigenvalue weighted by atomic mass is 9.65. The van der Waals surface area contributed by atoms with Gasteiger partial charge in [-0.25, -0.2) is 0 Å². The van der Waals surface area contributed by atoms with E-state index in [-0.39, 0.29) is 5.41 Å². The Bertz CT molecular complexity index is 529. The van der Waals surface area contributed by atoms with E-state index in [4.69, 9.17) is 0 Å². The van der Waals surface area contributed by atoms with Crippen LogP contribution in [0.4, 0.5) is 0 Å². The maximum Gasteiger partial charge on any atom is 0.0152 e. The molecule has 2 aromatic carbocycles. The maximum absolute atomic E-state index is 2.34. The standard InChI is InChI=1S/C18H20/c1-4-13-14-9-5-7-11-16(14)18(2,3)17-12-8-6-10-15(13)17/h5-13H,4H2,1-3H3. The van der Waals surface area contributed by atoms with Gasteiger partial charge in [0.1, 0.15) is 0 Å². The van der Waals surface area contributed by atoms with Gasteiger partial charge in [-0.1, -0.05) is 69.3 Å². The molecule has 18 heavy (non-hydrogen) atoms. The van der Waals surface area contributed by atoms with Crippen molar-refractivity contribution in [1.82, 2.24) is 0 Å². The first-order chi connectivity index (χ1) is 8.66. The zero-order valence-electron chi connectivity index (χ0n) is 11.4. The predicted octanol–water partition coefficient (Wildman–Crippen LogP) is 4.87. The Morgan fingerprint density at radius 3 is 1.72 bits per heavy atom. The first kappa shape index (κ1) is 11.5. The topological polar surface area (TPSA) is 0 Å². The molecule has 0 saturated heterocycles. The molecule has 0 saturated carbocycles. The van der Waals surface area contributed by atoms with Gasteiger partial charge in [0.05, 0.1) is 0 Å². The molecular formula is C18H20. The second-order valence-electron chi connectivity index (χ2n) is 5.76. The Labute approximate surface area is 110 Å². The highest BCUT2D eigenvalue weighted by atomic mass is 14.4. The zero-order chi connectivity index (χ0) is 12.8. The van der Waals surface area contributed by atoms with E-state index in [1.54, 1.807) is 0 Å². The Morgan fingerprint density at radius 1 is 0.833 bits per heavy atom. The lowest BCUT2D eigenvalue weighted by Gasteiger charge is -2.39. The van der Waals surface area contributed by atoms with Crippen LogP contribution in [0.5, 0.6) is 0 Å². The average Bonchev–Trinajstić information content (AvgIpc) is 2.40. The number of hydrogen-bond acceptors (Lipinski definition) is 0. The molecule has 0 aliphatic heterocycles. The summed E-state index contributed by atoms with van der Waals surface area (Å²) in [4.78, 5) is 0. The minimum Gasteiger partial charge on any atom is -0.0645 e. The van der Waals surface area contributed by atoms with E-state index in [9.17, 15) is 0 Å². The van der Waals surface area contributed by atoms with Gasteiger partial charge in [-0.15, -0.1) is 0 Å². The van der Waals surface area contributed by atoms with Crippen molar-refractivity contribution in [1.29, 1.82) is 0 Å². The molecule has 0 fully saturated rings. The van der Waals surface area contributed by atoms with Crippen molar-refractivity contribution in [2.75, 3.05) is 0 Å². The molecule has 0 radical (unpaired) electrons. The SMILES string of the molecule is CCC1c2ccccc2C(C)(C)c2ccccc21. The molecule has 1 aliphatic carbocycles. The molecule has 0 heterocycles. The maximum atomic E-state index is 2.34. The van der Waals surface area contributed by atoms with Crippen LogP contribution in [0.15, 0.2) is 48.5 Å². The van der Waals surface area contributed by atoms with Gasteiger partial charge in [0.25, 0.3) is 0 Å². The van der Waals surface area contributed by atoms with E-state index < -0.39 is 0 Å². The minimum absolute atomic E-state index is 0.124. The summed E-state index contributed by atoms with van der Waals surface area (Å²) in [5, 5.41) is 0. The van der Waals surface area contributed by atoms with E-state index in [1.807, 2.05) is 0 Å². The molecule has 0 nitrogen and oxygen atoms in total. The highest BCUT2D eigenvalue weighted by molar-refractivity contribution is 5.55. The third-order valence-electron chi connectivity index (χ3n) is 4.43. The van der Waals surface area contributed by atoms with Gasteiger partial charge in [0.15, 0.2) is 0 Å². The van der Waals surface area contributed by atoms with Crippen LogP contribution < -0.4 is 0 Å². The summed E-state index contributed by atoms with van der Waals surface area (Å²) in [6, 6.07) is 17.9. The van der Waals surface area contributed by atoms with Crippen molar-refractivity contribution in [3.63, 3.8) is 0 Å². The Hall–Kier alpha value is -1.56. The lowest BCUT2D eigenvalue weighted by molar-refractivity contribution is 0.575. The largest absolute Gasteiger partial charge is 0.0645 e. The summed E-state index contributed by atoms with van der Waals surface area (Å²) in [5.74, 6) is 0.561. The zero-order valence-corrected chi connectivity index (χ0v) is 11.4. The lowest BCUT2D eigenvalue weighted by Crippen LogP contribution is -2.29. The number of fused-ring (bicyclic) bond motifs is 2. The molecule has 0 unspecified atom stereocenters. The molecule has 0 N–H and O–H groups in total. The van der Waals surface area contributed by atoms with E-state index in [2.05, 4.69) is 69.3 Å². The van der Waals surface area contributed by atoms with Crippen molar-refractivity contribution in [2.24, 2.45) is 0 Å². The van der Waals surface area contributed by atoms with Crippen LogP contribution in [0, 0.1) is 0 Å². The summed E-state index contributed by atoms with van der Waals surface area (Å²) in [6.07, 6.45) is 1.17. The van der Waals surface area contributed by atoms with Crippen molar-refractivity contribution in [2.45, 2.75) is 38.5 Å². The molecular weight excluding hydrogens is 216 g/mol. The van der Waals surface area contributed by atoms with Gasteiger partial charge >= 0.3 is 0 Å². The molecule has 3 rings (SSSR count). The molecule has 1 aliphatic rings. The second kappa shape index (κ2) is 3.98. The van der Waals surface area contributed by atoms with Gasteiger partial charge in [-0.2, -0.15) is 0 Å². The Morgan fingerprint density at radius 2 is 1.28 bits per heavy atom. The van der Waals surface area contributed by atoms with Crippen LogP contribution >= 0.6 is 0 Å². The van der Waals surface area contributed by atoms with Crippen LogP contribution in [-0.4, -0.2) is 0 Å². The molecule has 0 amide bonds. The van der Waals surface area contributed by atoms with Crippen molar-refractivity contribution < 1.29 is 0 Å². The first-order valence-corrected chi connectivity index (χ1v) is 6.85. The third-order valence-corrected chi connectivity index (χ3v) is 4.43. The third kappa shape index (κ3) is 1.45. The summed E-state index contributed by atoms with van der Waals surface area (Å²) in [6.45, 7) is 6.98. The highest BCUT2D eigenvalue weighted by Crippen LogP contribution is 2.47. The first-order valence-electron chi connectivity index (χ1n) is 6.85. The van der Waals surface area contributed by atoms with Crippen LogP contribution in [0.1, 0.15) is 55.4 Å². The summed E-state index contributed by atoms with van der Waals surface area (Å²) < 4.78 is 0. The molecule has 0 atom stereocenters. The average molecular weight is 236 g/mol. The normalized spacial score (nSPS) is 17.1. The van der Waals surface area contributed by atoms with E-state index in [1.165, 1.54) is 28.7 Å². The summed E-state index contributed by atoms with van der Waals surface area (Å²) in [7, 11) is 0. The van der Waals surface area contributed by atoms with Crippen molar-refractivity contribution >= 4 is 0 Å². The van der Waals surface area contributed by atoms with Crippen molar-refractivity contribution in [3.05, 3.63) is 70.8 Å². The smallest absolute Gasteiger partial charge is 0.0152 e. The van der Waals surface area contributed by atoms with Gasteiger partial charge in [-0.3, -0.25) is 0 Å².